The van der Waals surface area contributed by atoms with Crippen LogP contribution in [0.5, 0.6) is 0 Å². The topological polar surface area (TPSA) is 83.2 Å². The van der Waals surface area contributed by atoms with Crippen molar-refractivity contribution in [3.63, 3.8) is 0 Å². The zero-order chi connectivity index (χ0) is 27.3. The number of pyridine rings is 1. The highest BCUT2D eigenvalue weighted by Crippen LogP contribution is 2.37. The molecule has 10 heteroatoms. The summed E-state index contributed by atoms with van der Waals surface area (Å²) >= 11 is 0. The second-order valence-corrected chi connectivity index (χ2v) is 11.3. The van der Waals surface area contributed by atoms with Crippen LogP contribution in [-0.2, 0) is 6.54 Å². The fourth-order valence-corrected chi connectivity index (χ4v) is 4.99. The lowest BCUT2D eigenvalue weighted by molar-refractivity contribution is 0.0546. The Morgan fingerprint density at radius 1 is 1.03 bits per heavy atom. The minimum atomic E-state index is -0.918. The van der Waals surface area contributed by atoms with Crippen molar-refractivity contribution in [2.75, 3.05) is 31.1 Å². The van der Waals surface area contributed by atoms with Gasteiger partial charge in [0.05, 0.1) is 29.6 Å². The molecule has 39 heavy (non-hydrogen) atoms. The molecule has 1 N–H and O–H groups in total. The standard InChI is InChI=1S/C29H33F2N7O/c1-18(29(2,3)39)24-13-25-26(15-32-24)35-28(27(34-25)20-14-33-38(17-20)22-6-7-22)37-10-8-36(9-11-37)16-19-4-5-21(30)12-23(19)31/h4-5,12-15,17-18,22,39H,6-11,16H2,1-3H3. The molecule has 2 fully saturated rings. The molecule has 4 heterocycles. The Morgan fingerprint density at radius 3 is 2.49 bits per heavy atom. The molecule has 1 aromatic carbocycles. The number of hydrogen-bond acceptors (Lipinski definition) is 7. The smallest absolute Gasteiger partial charge is 0.156 e. The van der Waals surface area contributed by atoms with Gasteiger partial charge in [0.1, 0.15) is 22.8 Å². The van der Waals surface area contributed by atoms with E-state index in [4.69, 9.17) is 9.97 Å². The van der Waals surface area contributed by atoms with Crippen LogP contribution in [0.4, 0.5) is 14.6 Å². The largest absolute Gasteiger partial charge is 0.390 e. The van der Waals surface area contributed by atoms with Crippen LogP contribution in [0.1, 0.15) is 56.8 Å². The van der Waals surface area contributed by atoms with E-state index < -0.39 is 17.2 Å². The number of halogens is 2. The maximum atomic E-state index is 14.2. The van der Waals surface area contributed by atoms with E-state index >= 15 is 0 Å². The summed E-state index contributed by atoms with van der Waals surface area (Å²) in [5.41, 5.74) is 3.42. The van der Waals surface area contributed by atoms with Crippen LogP contribution < -0.4 is 4.90 Å². The van der Waals surface area contributed by atoms with Crippen molar-refractivity contribution in [3.8, 4) is 11.3 Å². The first-order chi connectivity index (χ1) is 18.7. The SMILES string of the molecule is CC(c1cc2nc(-c3cnn(C4CC4)c3)c(N3CCN(Cc4ccc(F)cc4F)CC3)nc2cn1)C(C)(C)O. The lowest BCUT2D eigenvalue weighted by Gasteiger charge is -2.36. The molecule has 2 aliphatic rings. The Hall–Kier alpha value is -3.50. The summed E-state index contributed by atoms with van der Waals surface area (Å²) in [6.45, 7) is 8.72. The van der Waals surface area contributed by atoms with E-state index in [0.29, 0.717) is 49.8 Å². The van der Waals surface area contributed by atoms with Gasteiger partial charge in [0.2, 0.25) is 0 Å². The van der Waals surface area contributed by atoms with Crippen LogP contribution in [0, 0.1) is 11.6 Å². The van der Waals surface area contributed by atoms with E-state index in [2.05, 4.69) is 19.9 Å². The summed E-state index contributed by atoms with van der Waals surface area (Å²) in [5.74, 6) is -0.484. The molecule has 1 aliphatic carbocycles. The van der Waals surface area contributed by atoms with Gasteiger partial charge in [-0.25, -0.2) is 18.7 Å². The molecular formula is C29H33F2N7O. The molecule has 8 nitrogen and oxygen atoms in total. The van der Waals surface area contributed by atoms with Crippen molar-refractivity contribution in [3.05, 3.63) is 65.7 Å². The Balaban J connectivity index is 1.30. The van der Waals surface area contributed by atoms with Crippen molar-refractivity contribution in [2.24, 2.45) is 0 Å². The summed E-state index contributed by atoms with van der Waals surface area (Å²) in [5, 5.41) is 15.1. The highest BCUT2D eigenvalue weighted by Gasteiger charge is 2.29. The molecule has 1 saturated heterocycles. The van der Waals surface area contributed by atoms with E-state index in [-0.39, 0.29) is 5.92 Å². The van der Waals surface area contributed by atoms with Gasteiger partial charge < -0.3 is 10.0 Å². The van der Waals surface area contributed by atoms with Crippen LogP contribution in [-0.4, -0.2) is 66.5 Å². The predicted octanol–water partition coefficient (Wildman–Crippen LogP) is 4.70. The number of anilines is 1. The van der Waals surface area contributed by atoms with Crippen LogP contribution in [0.2, 0.25) is 0 Å². The number of aliphatic hydroxyl groups is 1. The van der Waals surface area contributed by atoms with E-state index in [1.54, 1.807) is 20.0 Å². The van der Waals surface area contributed by atoms with Gasteiger partial charge in [-0.2, -0.15) is 5.10 Å². The second kappa shape index (κ2) is 9.91. The molecule has 0 spiro atoms. The van der Waals surface area contributed by atoms with E-state index in [1.165, 1.54) is 12.1 Å². The molecule has 1 unspecified atom stereocenters. The van der Waals surface area contributed by atoms with Crippen molar-refractivity contribution in [2.45, 2.75) is 57.7 Å². The van der Waals surface area contributed by atoms with Crippen LogP contribution in [0.3, 0.4) is 0 Å². The maximum absolute atomic E-state index is 14.2. The quantitative estimate of drug-likeness (QED) is 0.369. The summed E-state index contributed by atoms with van der Waals surface area (Å²) in [6.07, 6.45) is 7.91. The minimum absolute atomic E-state index is 0.177. The lowest BCUT2D eigenvalue weighted by Crippen LogP contribution is -2.46. The average Bonchev–Trinajstić information content (AvgIpc) is 3.65. The number of aromatic nitrogens is 5. The zero-order valence-corrected chi connectivity index (χ0v) is 22.5. The van der Waals surface area contributed by atoms with Crippen molar-refractivity contribution >= 4 is 16.9 Å². The van der Waals surface area contributed by atoms with Gasteiger partial charge in [0.15, 0.2) is 5.82 Å². The van der Waals surface area contributed by atoms with Gasteiger partial charge in [-0.1, -0.05) is 13.0 Å². The zero-order valence-electron chi connectivity index (χ0n) is 22.5. The summed E-state index contributed by atoms with van der Waals surface area (Å²) in [6, 6.07) is 6.12. The second-order valence-electron chi connectivity index (χ2n) is 11.3. The highest BCUT2D eigenvalue weighted by atomic mass is 19.1. The van der Waals surface area contributed by atoms with Gasteiger partial charge in [-0.15, -0.1) is 0 Å². The van der Waals surface area contributed by atoms with E-state index in [9.17, 15) is 13.9 Å². The predicted molar refractivity (Wildman–Crippen MR) is 145 cm³/mol. The first-order valence-corrected chi connectivity index (χ1v) is 13.5. The first-order valence-electron chi connectivity index (χ1n) is 13.5. The molecule has 204 valence electrons. The molecule has 6 rings (SSSR count). The average molecular weight is 534 g/mol. The molecular weight excluding hydrogens is 500 g/mol. The van der Waals surface area contributed by atoms with Crippen molar-refractivity contribution in [1.29, 1.82) is 0 Å². The van der Waals surface area contributed by atoms with Gasteiger partial charge in [0.25, 0.3) is 0 Å². The lowest BCUT2D eigenvalue weighted by atomic mass is 9.89. The minimum Gasteiger partial charge on any atom is -0.390 e. The number of piperazine rings is 1. The van der Waals surface area contributed by atoms with Gasteiger partial charge in [-0.05, 0) is 38.8 Å². The number of nitrogens with zero attached hydrogens (tertiary/aromatic N) is 7. The summed E-state index contributed by atoms with van der Waals surface area (Å²) in [4.78, 5) is 19.1. The third-order valence-electron chi connectivity index (χ3n) is 7.93. The van der Waals surface area contributed by atoms with Crippen molar-refractivity contribution < 1.29 is 13.9 Å². The first kappa shape index (κ1) is 25.8. The van der Waals surface area contributed by atoms with Gasteiger partial charge >= 0.3 is 0 Å². The fraction of sp³-hybridized carbons (Fsp3) is 0.448. The molecule has 0 amide bonds. The molecule has 3 aromatic heterocycles. The Labute approximate surface area is 226 Å². The molecule has 4 aromatic rings. The van der Waals surface area contributed by atoms with Crippen molar-refractivity contribution in [1.82, 2.24) is 29.6 Å². The number of hydrogen-bond donors (Lipinski definition) is 1. The monoisotopic (exact) mass is 533 g/mol. The molecule has 1 atom stereocenters. The Kier molecular flexibility index (Phi) is 6.55. The van der Waals surface area contributed by atoms with Crippen LogP contribution >= 0.6 is 0 Å². The number of benzene rings is 1. The molecule has 1 aliphatic heterocycles. The van der Waals surface area contributed by atoms with E-state index in [1.807, 2.05) is 30.1 Å². The molecule has 0 bridgehead atoms. The fourth-order valence-electron chi connectivity index (χ4n) is 4.99. The molecule has 1 saturated carbocycles. The third kappa shape index (κ3) is 5.35. The normalized spacial score (nSPS) is 17.6. The van der Waals surface area contributed by atoms with Gasteiger partial charge in [0, 0.05) is 67.7 Å². The van der Waals surface area contributed by atoms with Crippen LogP contribution in [0.15, 0.2) is 42.9 Å². The summed E-state index contributed by atoms with van der Waals surface area (Å²) in [7, 11) is 0. The van der Waals surface area contributed by atoms with Crippen LogP contribution in [0.25, 0.3) is 22.3 Å². The number of rotatable bonds is 7. The number of fused-ring (bicyclic) bond motifs is 1. The Bertz CT molecular complexity index is 1500. The molecule has 0 radical (unpaired) electrons. The van der Waals surface area contributed by atoms with Gasteiger partial charge in [-0.3, -0.25) is 14.6 Å². The highest BCUT2D eigenvalue weighted by molar-refractivity contribution is 5.83. The maximum Gasteiger partial charge on any atom is 0.156 e. The Morgan fingerprint density at radius 2 is 1.79 bits per heavy atom. The van der Waals surface area contributed by atoms with E-state index in [0.717, 1.165) is 47.2 Å². The third-order valence-corrected chi connectivity index (χ3v) is 7.93. The summed E-state index contributed by atoms with van der Waals surface area (Å²) < 4.78 is 29.5.